The Bertz CT molecular complexity index is 882. The van der Waals surface area contributed by atoms with E-state index in [9.17, 15) is 4.39 Å². The molecule has 1 aromatic heterocycles. The molecule has 0 saturated carbocycles. The van der Waals surface area contributed by atoms with Crippen molar-refractivity contribution in [1.82, 2.24) is 25.4 Å². The molecule has 0 spiro atoms. The third-order valence-electron chi connectivity index (χ3n) is 5.10. The maximum Gasteiger partial charge on any atom is 0.191 e. The number of rotatable bonds is 6. The highest BCUT2D eigenvalue weighted by molar-refractivity contribution is 6.31. The predicted octanol–water partition coefficient (Wildman–Crippen LogP) is 2.67. The topological polar surface area (TPSA) is 76.4 Å². The van der Waals surface area contributed by atoms with Crippen LogP contribution in [0.5, 0.6) is 0 Å². The molecule has 0 amide bonds. The first-order valence-corrected chi connectivity index (χ1v) is 10.0. The van der Waals surface area contributed by atoms with Gasteiger partial charge in [-0.25, -0.2) is 14.1 Å². The Balaban J connectivity index is 1.59. The van der Waals surface area contributed by atoms with Gasteiger partial charge in [-0.05, 0) is 24.1 Å². The lowest BCUT2D eigenvalue weighted by atomic mass is 9.84. The molecular weight excluding hydrogens is 395 g/mol. The number of methoxy groups -OCH3 is 1. The number of aliphatic imine (C=N–C) groups is 1. The molecule has 9 heteroatoms. The average molecular weight is 423 g/mol. The molecule has 2 heterocycles. The number of hydrogen-bond donors (Lipinski definition) is 2. The average Bonchev–Trinajstić information content (AvgIpc) is 3.06. The van der Waals surface area contributed by atoms with Gasteiger partial charge in [0.05, 0.1) is 6.54 Å². The summed E-state index contributed by atoms with van der Waals surface area (Å²) in [6.45, 7) is 5.86. The normalized spacial score (nSPS) is 17.2. The number of benzene rings is 1. The summed E-state index contributed by atoms with van der Waals surface area (Å²) in [6, 6.07) is 4.72. The van der Waals surface area contributed by atoms with E-state index in [0.717, 1.165) is 30.8 Å². The summed E-state index contributed by atoms with van der Waals surface area (Å²) in [5.41, 5.74) is 0.586. The quantitative estimate of drug-likeness (QED) is 0.553. The van der Waals surface area contributed by atoms with Crippen molar-refractivity contribution in [1.29, 1.82) is 0 Å². The van der Waals surface area contributed by atoms with Gasteiger partial charge in [0.2, 0.25) is 0 Å². The molecular formula is C20H28ClFN6O. The van der Waals surface area contributed by atoms with Crippen molar-refractivity contribution < 1.29 is 9.13 Å². The van der Waals surface area contributed by atoms with E-state index < -0.39 is 0 Å². The van der Waals surface area contributed by atoms with Crippen molar-refractivity contribution >= 4 is 17.6 Å². The van der Waals surface area contributed by atoms with Crippen molar-refractivity contribution in [2.24, 2.45) is 4.99 Å². The molecule has 0 aliphatic carbocycles. The molecule has 2 aromatic rings. The molecule has 158 valence electrons. The number of guanidine groups is 1. The van der Waals surface area contributed by atoms with Crippen LogP contribution in [0.15, 0.2) is 23.2 Å². The minimum atomic E-state index is -0.335. The second-order valence-corrected chi connectivity index (χ2v) is 8.28. The molecule has 1 unspecified atom stereocenters. The van der Waals surface area contributed by atoms with Gasteiger partial charge in [0.1, 0.15) is 18.2 Å². The lowest BCUT2D eigenvalue weighted by Crippen LogP contribution is -2.49. The molecule has 2 N–H and O–H groups in total. The predicted molar refractivity (Wildman–Crippen MR) is 112 cm³/mol. The first-order valence-electron chi connectivity index (χ1n) is 9.66. The highest BCUT2D eigenvalue weighted by atomic mass is 35.5. The van der Waals surface area contributed by atoms with E-state index in [2.05, 4.69) is 39.6 Å². The third kappa shape index (κ3) is 5.25. The van der Waals surface area contributed by atoms with Crippen LogP contribution in [-0.2, 0) is 29.7 Å². The first kappa shape index (κ1) is 21.5. The number of fused-ring (bicyclic) bond motifs is 1. The molecule has 29 heavy (non-hydrogen) atoms. The van der Waals surface area contributed by atoms with Gasteiger partial charge in [-0.15, -0.1) is 0 Å². The molecule has 3 rings (SSSR count). The third-order valence-corrected chi connectivity index (χ3v) is 5.41. The SMILES string of the molecule is CN=C(NCC(C)(C)c1ccc(F)cc1Cl)NC1CCc2nc(COC)nn2C1. The zero-order valence-electron chi connectivity index (χ0n) is 17.3. The van der Waals surface area contributed by atoms with Gasteiger partial charge < -0.3 is 15.4 Å². The largest absolute Gasteiger partial charge is 0.377 e. The van der Waals surface area contributed by atoms with Gasteiger partial charge in [-0.1, -0.05) is 31.5 Å². The van der Waals surface area contributed by atoms with Crippen LogP contribution in [0.2, 0.25) is 5.02 Å². The lowest BCUT2D eigenvalue weighted by molar-refractivity contribution is 0.177. The Morgan fingerprint density at radius 1 is 1.45 bits per heavy atom. The van der Waals surface area contributed by atoms with E-state index in [1.807, 2.05) is 4.68 Å². The van der Waals surface area contributed by atoms with Crippen molar-refractivity contribution in [3.8, 4) is 0 Å². The van der Waals surface area contributed by atoms with Gasteiger partial charge in [-0.2, -0.15) is 5.10 Å². The van der Waals surface area contributed by atoms with Crippen molar-refractivity contribution in [3.63, 3.8) is 0 Å². The van der Waals surface area contributed by atoms with Gasteiger partial charge >= 0.3 is 0 Å². The zero-order chi connectivity index (χ0) is 21.0. The van der Waals surface area contributed by atoms with Gasteiger partial charge in [0.15, 0.2) is 11.8 Å². The van der Waals surface area contributed by atoms with Crippen molar-refractivity contribution in [2.75, 3.05) is 20.7 Å². The van der Waals surface area contributed by atoms with E-state index in [-0.39, 0.29) is 17.3 Å². The van der Waals surface area contributed by atoms with Crippen LogP contribution in [0.25, 0.3) is 0 Å². The molecule has 0 bridgehead atoms. The van der Waals surface area contributed by atoms with Gasteiger partial charge in [-0.3, -0.25) is 4.99 Å². The summed E-state index contributed by atoms with van der Waals surface area (Å²) in [5, 5.41) is 11.8. The maximum absolute atomic E-state index is 13.4. The second-order valence-electron chi connectivity index (χ2n) is 7.87. The van der Waals surface area contributed by atoms with E-state index in [0.29, 0.717) is 30.0 Å². The Morgan fingerprint density at radius 3 is 2.93 bits per heavy atom. The summed E-state index contributed by atoms with van der Waals surface area (Å²) in [5.74, 6) is 2.08. The Hall–Kier alpha value is -2.19. The minimum Gasteiger partial charge on any atom is -0.377 e. The number of nitrogens with one attached hydrogen (secondary N) is 2. The van der Waals surface area contributed by atoms with Crippen molar-refractivity contribution in [3.05, 3.63) is 46.3 Å². The Kier molecular flexibility index (Phi) is 6.74. The standard InChI is InChI=1S/C20H28ClFN6O/c1-20(2,15-7-5-13(22)9-16(15)21)12-24-19(23-3)25-14-6-8-18-26-17(11-29-4)27-28(18)10-14/h5,7,9,14H,6,8,10-12H2,1-4H3,(H2,23,24,25). The Morgan fingerprint density at radius 2 is 2.24 bits per heavy atom. The molecule has 0 fully saturated rings. The van der Waals surface area contributed by atoms with E-state index in [4.69, 9.17) is 16.3 Å². The van der Waals surface area contributed by atoms with Crippen LogP contribution in [0.4, 0.5) is 4.39 Å². The molecule has 0 saturated heterocycles. The van der Waals surface area contributed by atoms with E-state index in [1.54, 1.807) is 20.2 Å². The number of aromatic nitrogens is 3. The summed E-state index contributed by atoms with van der Waals surface area (Å²) in [7, 11) is 3.38. The second kappa shape index (κ2) is 9.09. The monoisotopic (exact) mass is 422 g/mol. The summed E-state index contributed by atoms with van der Waals surface area (Å²) < 4.78 is 20.4. The molecule has 7 nitrogen and oxygen atoms in total. The summed E-state index contributed by atoms with van der Waals surface area (Å²) in [6.07, 6.45) is 1.79. The number of ether oxygens (including phenoxy) is 1. The number of nitrogens with zero attached hydrogens (tertiary/aromatic N) is 4. The van der Waals surface area contributed by atoms with Crippen LogP contribution in [0.1, 0.15) is 37.5 Å². The van der Waals surface area contributed by atoms with Crippen LogP contribution < -0.4 is 10.6 Å². The van der Waals surface area contributed by atoms with Crippen LogP contribution in [0, 0.1) is 5.82 Å². The zero-order valence-corrected chi connectivity index (χ0v) is 18.1. The van der Waals surface area contributed by atoms with E-state index >= 15 is 0 Å². The minimum absolute atomic E-state index is 0.198. The Labute approximate surface area is 175 Å². The van der Waals surface area contributed by atoms with Crippen molar-refractivity contribution in [2.45, 2.75) is 51.3 Å². The van der Waals surface area contributed by atoms with Gasteiger partial charge in [0.25, 0.3) is 0 Å². The summed E-state index contributed by atoms with van der Waals surface area (Å²) in [4.78, 5) is 8.85. The maximum atomic E-state index is 13.4. The van der Waals surface area contributed by atoms with E-state index in [1.165, 1.54) is 12.1 Å². The molecule has 1 aromatic carbocycles. The van der Waals surface area contributed by atoms with Crippen LogP contribution in [-0.4, -0.2) is 47.5 Å². The van der Waals surface area contributed by atoms with Crippen LogP contribution >= 0.6 is 11.6 Å². The molecule has 1 aliphatic heterocycles. The lowest BCUT2D eigenvalue weighted by Gasteiger charge is -2.30. The van der Waals surface area contributed by atoms with Gasteiger partial charge in [0, 0.05) is 43.6 Å². The highest BCUT2D eigenvalue weighted by Crippen LogP contribution is 2.29. The van der Waals surface area contributed by atoms with Crippen LogP contribution in [0.3, 0.4) is 0 Å². The number of aryl methyl sites for hydroxylation is 1. The fraction of sp³-hybridized carbons (Fsp3) is 0.550. The fourth-order valence-electron chi connectivity index (χ4n) is 3.49. The number of halogens is 2. The molecule has 0 radical (unpaired) electrons. The number of hydrogen-bond acceptors (Lipinski definition) is 4. The summed E-state index contributed by atoms with van der Waals surface area (Å²) >= 11 is 6.25. The first-order chi connectivity index (χ1) is 13.8. The highest BCUT2D eigenvalue weighted by Gasteiger charge is 2.26. The molecule has 1 atom stereocenters. The molecule has 1 aliphatic rings. The fourth-order valence-corrected chi connectivity index (χ4v) is 3.92. The smallest absolute Gasteiger partial charge is 0.191 e.